The Labute approximate surface area is 236 Å². The predicted octanol–water partition coefficient (Wildman–Crippen LogP) is 1.90. The molecule has 1 aliphatic heterocycles. The summed E-state index contributed by atoms with van der Waals surface area (Å²) in [5.41, 5.74) is 8.71. The SMILES string of the molecule is COc1ccc(COC(=O)N[C@@H](CCCN=C(N)N[N+](=O)[O-])C(=O)N2CCC[C@H]2C(=O)OCc2ccccc2)cc1. The molecule has 14 nitrogen and oxygen atoms in total. The molecule has 1 heterocycles. The number of aliphatic imine (C=N–C) groups is 1. The third kappa shape index (κ3) is 9.98. The lowest BCUT2D eigenvalue weighted by Gasteiger charge is -2.28. The Bertz CT molecular complexity index is 1210. The van der Waals surface area contributed by atoms with Gasteiger partial charge < -0.3 is 30.2 Å². The molecule has 4 N–H and O–H groups in total. The lowest BCUT2D eigenvalue weighted by Crippen LogP contribution is -2.52. The number of methoxy groups -OCH3 is 1. The molecule has 1 aliphatic rings. The molecule has 0 radical (unpaired) electrons. The fraction of sp³-hybridized carbons (Fsp3) is 0.407. The smallest absolute Gasteiger partial charge is 0.408 e. The van der Waals surface area contributed by atoms with Crippen molar-refractivity contribution in [1.29, 1.82) is 0 Å². The summed E-state index contributed by atoms with van der Waals surface area (Å²) in [6.07, 6.45) is 0.583. The van der Waals surface area contributed by atoms with Gasteiger partial charge in [-0.05, 0) is 48.9 Å². The molecule has 2 aromatic carbocycles. The van der Waals surface area contributed by atoms with E-state index >= 15 is 0 Å². The molecule has 1 fully saturated rings. The van der Waals surface area contributed by atoms with E-state index in [2.05, 4.69) is 10.3 Å². The van der Waals surface area contributed by atoms with Crippen LogP contribution in [0.5, 0.6) is 5.75 Å². The molecule has 1 saturated heterocycles. The maximum Gasteiger partial charge on any atom is 0.408 e. The molecule has 0 spiro atoms. The highest BCUT2D eigenvalue weighted by molar-refractivity contribution is 5.90. The standard InChI is InChI=1S/C27H34N6O8/c1-39-21-13-11-20(12-14-21)18-41-27(36)30-22(9-5-15-29-26(28)31-33(37)38)24(34)32-16-6-10-23(32)25(35)40-17-19-7-3-2-4-8-19/h2-4,7-8,11-14,22-23H,5-6,9-10,15-18H2,1H3,(H,30,36)(H3,28,29,31)/t22-,23-/m0/s1. The van der Waals surface area contributed by atoms with Gasteiger partial charge in [0.2, 0.25) is 5.91 Å². The first-order valence-electron chi connectivity index (χ1n) is 13.0. The van der Waals surface area contributed by atoms with Crippen LogP contribution in [-0.4, -0.2) is 66.1 Å². The van der Waals surface area contributed by atoms with E-state index in [0.717, 1.165) is 5.56 Å². The number of carbonyl (C=O) groups excluding carboxylic acids is 3. The van der Waals surface area contributed by atoms with Gasteiger partial charge in [0.25, 0.3) is 5.96 Å². The van der Waals surface area contributed by atoms with E-state index in [1.807, 2.05) is 30.3 Å². The number of nitrogens with zero attached hydrogens (tertiary/aromatic N) is 3. The second-order valence-electron chi connectivity index (χ2n) is 9.18. The van der Waals surface area contributed by atoms with Crippen molar-refractivity contribution in [2.24, 2.45) is 10.7 Å². The molecule has 2 amide bonds. The Morgan fingerprint density at radius 3 is 2.46 bits per heavy atom. The zero-order valence-electron chi connectivity index (χ0n) is 22.7. The normalized spacial score (nSPS) is 15.5. The van der Waals surface area contributed by atoms with Crippen LogP contribution in [0.1, 0.15) is 36.8 Å². The Kier molecular flexibility index (Phi) is 11.7. The number of hydrogen-bond acceptors (Lipinski definition) is 9. The molecule has 220 valence electrons. The summed E-state index contributed by atoms with van der Waals surface area (Å²) < 4.78 is 15.9. The highest BCUT2D eigenvalue weighted by Gasteiger charge is 2.38. The number of esters is 1. The summed E-state index contributed by atoms with van der Waals surface area (Å²) >= 11 is 0. The summed E-state index contributed by atoms with van der Waals surface area (Å²) in [6.45, 7) is 0.417. The zero-order chi connectivity index (χ0) is 29.6. The van der Waals surface area contributed by atoms with E-state index in [0.29, 0.717) is 30.7 Å². The minimum Gasteiger partial charge on any atom is -0.497 e. The third-order valence-corrected chi connectivity index (χ3v) is 6.29. The zero-order valence-corrected chi connectivity index (χ0v) is 22.7. The number of hydrazine groups is 1. The van der Waals surface area contributed by atoms with Crippen LogP contribution in [0.2, 0.25) is 0 Å². The second kappa shape index (κ2) is 15.6. The first kappa shape index (κ1) is 30.7. The molecule has 0 unspecified atom stereocenters. The summed E-state index contributed by atoms with van der Waals surface area (Å²) in [6, 6.07) is 14.3. The van der Waals surface area contributed by atoms with E-state index in [-0.39, 0.29) is 38.6 Å². The number of alkyl carbamates (subject to hydrolysis) is 1. The number of hydrogen-bond donors (Lipinski definition) is 3. The maximum atomic E-state index is 13.6. The van der Waals surface area contributed by atoms with Gasteiger partial charge in [-0.1, -0.05) is 47.9 Å². The second-order valence-corrected chi connectivity index (χ2v) is 9.18. The molecular weight excluding hydrogens is 536 g/mol. The Hall–Kier alpha value is -4.88. The van der Waals surface area contributed by atoms with Crippen molar-refractivity contribution in [3.8, 4) is 5.75 Å². The van der Waals surface area contributed by atoms with E-state index in [4.69, 9.17) is 19.9 Å². The van der Waals surface area contributed by atoms with Gasteiger partial charge in [-0.2, -0.15) is 0 Å². The lowest BCUT2D eigenvalue weighted by molar-refractivity contribution is -0.525. The van der Waals surface area contributed by atoms with E-state index in [1.165, 1.54) is 4.90 Å². The number of nitro groups is 1. The van der Waals surface area contributed by atoms with Gasteiger partial charge in [-0.15, -0.1) is 0 Å². The van der Waals surface area contributed by atoms with E-state index < -0.39 is 35.1 Å². The van der Waals surface area contributed by atoms with Crippen LogP contribution in [0, 0.1) is 10.1 Å². The minimum atomic E-state index is -1.04. The lowest BCUT2D eigenvalue weighted by atomic mass is 10.1. The van der Waals surface area contributed by atoms with Crippen molar-refractivity contribution >= 4 is 23.9 Å². The van der Waals surface area contributed by atoms with Crippen LogP contribution in [0.15, 0.2) is 59.6 Å². The summed E-state index contributed by atoms with van der Waals surface area (Å²) in [5, 5.41) is 12.2. The highest BCUT2D eigenvalue weighted by Crippen LogP contribution is 2.21. The van der Waals surface area contributed by atoms with E-state index in [1.54, 1.807) is 36.8 Å². The number of nitrogens with one attached hydrogen (secondary N) is 2. The number of ether oxygens (including phenoxy) is 3. The molecule has 14 heteroatoms. The van der Waals surface area contributed by atoms with Gasteiger partial charge in [-0.25, -0.2) is 24.7 Å². The van der Waals surface area contributed by atoms with Crippen LogP contribution in [0.4, 0.5) is 4.79 Å². The van der Waals surface area contributed by atoms with Crippen LogP contribution < -0.4 is 21.2 Å². The highest BCUT2D eigenvalue weighted by atomic mass is 16.7. The number of guanidine groups is 1. The van der Waals surface area contributed by atoms with Crippen LogP contribution in [0.3, 0.4) is 0 Å². The number of rotatable bonds is 13. The van der Waals surface area contributed by atoms with Crippen molar-refractivity contribution in [3.63, 3.8) is 0 Å². The number of likely N-dealkylation sites (tertiary alicyclic amines) is 1. The number of benzene rings is 2. The van der Waals surface area contributed by atoms with Gasteiger partial charge in [0.1, 0.15) is 31.0 Å². The number of amides is 2. The Balaban J connectivity index is 1.63. The molecule has 41 heavy (non-hydrogen) atoms. The van der Waals surface area contributed by atoms with Crippen molar-refractivity contribution in [2.75, 3.05) is 20.2 Å². The van der Waals surface area contributed by atoms with Gasteiger partial charge >= 0.3 is 12.1 Å². The third-order valence-electron chi connectivity index (χ3n) is 6.29. The molecule has 0 saturated carbocycles. The minimum absolute atomic E-state index is 0.0394. The monoisotopic (exact) mass is 570 g/mol. The number of carbonyl (C=O) groups is 3. The molecule has 0 aliphatic carbocycles. The van der Waals surface area contributed by atoms with Crippen LogP contribution in [0.25, 0.3) is 0 Å². The van der Waals surface area contributed by atoms with Gasteiger partial charge in [0.05, 0.1) is 7.11 Å². The first-order valence-corrected chi connectivity index (χ1v) is 13.0. The first-order chi connectivity index (χ1) is 19.8. The summed E-state index contributed by atoms with van der Waals surface area (Å²) in [5.74, 6) is -0.719. The fourth-order valence-electron chi connectivity index (χ4n) is 4.24. The molecule has 0 aromatic heterocycles. The van der Waals surface area contributed by atoms with Crippen LogP contribution in [-0.2, 0) is 32.3 Å². The van der Waals surface area contributed by atoms with E-state index in [9.17, 15) is 24.5 Å². The van der Waals surface area contributed by atoms with Gasteiger partial charge in [0.15, 0.2) is 5.03 Å². The molecule has 3 rings (SSSR count). The predicted molar refractivity (Wildman–Crippen MR) is 147 cm³/mol. The van der Waals surface area contributed by atoms with Crippen molar-refractivity contribution in [3.05, 3.63) is 75.8 Å². The Morgan fingerprint density at radius 2 is 1.78 bits per heavy atom. The molecule has 2 atom stereocenters. The molecule has 0 bridgehead atoms. The average Bonchev–Trinajstić information content (AvgIpc) is 3.47. The van der Waals surface area contributed by atoms with Crippen molar-refractivity contribution < 1.29 is 33.6 Å². The topological polar surface area (TPSA) is 188 Å². The van der Waals surface area contributed by atoms with Gasteiger partial charge in [-0.3, -0.25) is 4.79 Å². The summed E-state index contributed by atoms with van der Waals surface area (Å²) in [4.78, 5) is 54.8. The quantitative estimate of drug-likeness (QED) is 0.0801. The fourth-order valence-corrected chi connectivity index (χ4v) is 4.24. The van der Waals surface area contributed by atoms with Crippen LogP contribution >= 0.6 is 0 Å². The average molecular weight is 571 g/mol. The molecule has 2 aromatic rings. The van der Waals surface area contributed by atoms with Gasteiger partial charge in [0, 0.05) is 13.1 Å². The van der Waals surface area contributed by atoms with Crippen molar-refractivity contribution in [2.45, 2.75) is 51.0 Å². The Morgan fingerprint density at radius 1 is 1.10 bits per heavy atom. The largest absolute Gasteiger partial charge is 0.497 e. The molecular formula is C27H34N6O8. The maximum absolute atomic E-state index is 13.6. The van der Waals surface area contributed by atoms with Crippen molar-refractivity contribution in [1.82, 2.24) is 15.6 Å². The number of nitrogens with two attached hydrogens (primary N) is 1. The summed E-state index contributed by atoms with van der Waals surface area (Å²) in [7, 11) is 1.54.